The topological polar surface area (TPSA) is 102 Å². The SMILES string of the molecule is N#Cc1ncc(N2C(=O)CCCN(c3ccc(C(=O)NCc4cccnc4)c(F)c3)C2=S)cc1C(F)(F)F. The first-order valence-electron chi connectivity index (χ1n) is 11.2. The minimum absolute atomic E-state index is 0.0463. The first-order chi connectivity index (χ1) is 18.1. The molecule has 0 aliphatic carbocycles. The van der Waals surface area contributed by atoms with Gasteiger partial charge in [-0.05, 0) is 54.5 Å². The van der Waals surface area contributed by atoms with E-state index in [4.69, 9.17) is 17.5 Å². The zero-order valence-electron chi connectivity index (χ0n) is 19.5. The van der Waals surface area contributed by atoms with Crippen molar-refractivity contribution in [2.45, 2.75) is 25.6 Å². The first-order valence-corrected chi connectivity index (χ1v) is 11.6. The largest absolute Gasteiger partial charge is 0.419 e. The number of nitrogens with zero attached hydrogens (tertiary/aromatic N) is 5. The van der Waals surface area contributed by atoms with Crippen molar-refractivity contribution >= 4 is 40.5 Å². The molecule has 1 saturated heterocycles. The molecule has 0 saturated carbocycles. The number of halogens is 4. The molecule has 0 atom stereocenters. The van der Waals surface area contributed by atoms with Gasteiger partial charge in [-0.1, -0.05) is 6.07 Å². The number of alkyl halides is 3. The summed E-state index contributed by atoms with van der Waals surface area (Å²) >= 11 is 5.45. The molecule has 3 heterocycles. The van der Waals surface area contributed by atoms with E-state index in [9.17, 15) is 27.2 Å². The van der Waals surface area contributed by atoms with Crippen molar-refractivity contribution in [2.24, 2.45) is 0 Å². The highest BCUT2D eigenvalue weighted by Crippen LogP contribution is 2.34. The van der Waals surface area contributed by atoms with Crippen LogP contribution in [0.3, 0.4) is 0 Å². The van der Waals surface area contributed by atoms with Crippen LogP contribution >= 0.6 is 12.2 Å². The van der Waals surface area contributed by atoms with Crippen molar-refractivity contribution in [3.05, 3.63) is 83.2 Å². The van der Waals surface area contributed by atoms with Gasteiger partial charge in [-0.2, -0.15) is 18.4 Å². The number of hydrogen-bond donors (Lipinski definition) is 1. The summed E-state index contributed by atoms with van der Waals surface area (Å²) in [6, 6.07) is 9.23. The summed E-state index contributed by atoms with van der Waals surface area (Å²) < 4.78 is 55.4. The first kappa shape index (κ1) is 26.6. The highest BCUT2D eigenvalue weighted by atomic mass is 32.1. The van der Waals surface area contributed by atoms with Gasteiger partial charge in [-0.25, -0.2) is 9.37 Å². The molecule has 0 spiro atoms. The van der Waals surface area contributed by atoms with Gasteiger partial charge in [0.15, 0.2) is 10.8 Å². The number of benzene rings is 1. The number of nitriles is 1. The quantitative estimate of drug-likeness (QED) is 0.378. The number of pyridine rings is 2. The Bertz CT molecular complexity index is 1440. The molecule has 1 N–H and O–H groups in total. The van der Waals surface area contributed by atoms with E-state index in [0.29, 0.717) is 6.07 Å². The van der Waals surface area contributed by atoms with Gasteiger partial charge in [-0.3, -0.25) is 19.5 Å². The number of hydrogen-bond acceptors (Lipinski definition) is 6. The zero-order chi connectivity index (χ0) is 27.4. The lowest BCUT2D eigenvalue weighted by atomic mass is 10.1. The summed E-state index contributed by atoms with van der Waals surface area (Å²) in [5.41, 5.74) is -1.72. The van der Waals surface area contributed by atoms with E-state index in [2.05, 4.69) is 15.3 Å². The van der Waals surface area contributed by atoms with Gasteiger partial charge in [-0.15, -0.1) is 0 Å². The maximum atomic E-state index is 15.0. The van der Waals surface area contributed by atoms with Crippen molar-refractivity contribution in [3.8, 4) is 6.07 Å². The lowest BCUT2D eigenvalue weighted by molar-refractivity contribution is -0.138. The van der Waals surface area contributed by atoms with Crippen LogP contribution in [0.1, 0.15) is 40.0 Å². The Hall–Kier alpha value is -4.44. The minimum Gasteiger partial charge on any atom is -0.348 e. The van der Waals surface area contributed by atoms with Gasteiger partial charge in [0.05, 0.1) is 23.0 Å². The van der Waals surface area contributed by atoms with E-state index in [0.717, 1.165) is 22.7 Å². The molecule has 0 unspecified atom stereocenters. The predicted molar refractivity (Wildman–Crippen MR) is 132 cm³/mol. The molecular formula is C25H18F4N6O2S. The second-order valence-electron chi connectivity index (χ2n) is 8.17. The lowest BCUT2D eigenvalue weighted by Gasteiger charge is -2.30. The number of rotatable bonds is 5. The second kappa shape index (κ2) is 10.9. The standard InChI is InChI=1S/C25H18F4N6O2S/c26-20-10-16(5-6-18(20)23(37)33-13-15-3-1-7-31-12-15)34-8-2-4-22(36)35(24(34)38)17-9-19(25(27,28)29)21(11-30)32-14-17/h1,3,5-7,9-10,12,14H,2,4,8,13H2,(H,33,37). The molecule has 194 valence electrons. The number of aromatic nitrogens is 2. The number of amides is 2. The molecule has 38 heavy (non-hydrogen) atoms. The smallest absolute Gasteiger partial charge is 0.348 e. The van der Waals surface area contributed by atoms with Gasteiger partial charge < -0.3 is 10.2 Å². The maximum Gasteiger partial charge on any atom is 0.419 e. The van der Waals surface area contributed by atoms with E-state index < -0.39 is 35.1 Å². The minimum atomic E-state index is -4.89. The summed E-state index contributed by atoms with van der Waals surface area (Å²) in [7, 11) is 0. The van der Waals surface area contributed by atoms with Crippen LogP contribution in [-0.2, 0) is 17.5 Å². The number of thiocarbonyl (C=S) groups is 1. The van der Waals surface area contributed by atoms with E-state index in [1.807, 2.05) is 0 Å². The third kappa shape index (κ3) is 5.60. The maximum absolute atomic E-state index is 15.0. The molecule has 0 radical (unpaired) electrons. The molecular weight excluding hydrogens is 524 g/mol. The van der Waals surface area contributed by atoms with E-state index in [-0.39, 0.29) is 48.0 Å². The van der Waals surface area contributed by atoms with Gasteiger partial charge >= 0.3 is 6.18 Å². The van der Waals surface area contributed by atoms with Crippen LogP contribution in [0.2, 0.25) is 0 Å². The van der Waals surface area contributed by atoms with Crippen molar-refractivity contribution in [2.75, 3.05) is 16.3 Å². The van der Waals surface area contributed by atoms with Crippen molar-refractivity contribution in [1.82, 2.24) is 15.3 Å². The number of carbonyl (C=O) groups is 2. The number of anilines is 2. The molecule has 1 aromatic carbocycles. The molecule has 4 rings (SSSR count). The average molecular weight is 543 g/mol. The van der Waals surface area contributed by atoms with Gasteiger partial charge in [0.1, 0.15) is 11.9 Å². The highest BCUT2D eigenvalue weighted by Gasteiger charge is 2.37. The van der Waals surface area contributed by atoms with Crippen LogP contribution in [0.5, 0.6) is 0 Å². The summed E-state index contributed by atoms with van der Waals surface area (Å²) in [6.45, 7) is 0.308. The van der Waals surface area contributed by atoms with Crippen LogP contribution in [0, 0.1) is 17.1 Å². The van der Waals surface area contributed by atoms with E-state index in [1.54, 1.807) is 24.5 Å². The van der Waals surface area contributed by atoms with Crippen LogP contribution < -0.4 is 15.1 Å². The van der Waals surface area contributed by atoms with Gasteiger partial charge in [0, 0.05) is 37.6 Å². The molecule has 1 aliphatic heterocycles. The number of nitrogens with one attached hydrogen (secondary N) is 1. The predicted octanol–water partition coefficient (Wildman–Crippen LogP) is 4.35. The molecule has 0 bridgehead atoms. The van der Waals surface area contributed by atoms with Crippen LogP contribution in [-0.4, -0.2) is 33.4 Å². The zero-order valence-corrected chi connectivity index (χ0v) is 20.3. The fraction of sp³-hybridized carbons (Fsp3) is 0.200. The monoisotopic (exact) mass is 542 g/mol. The molecule has 2 aromatic heterocycles. The fourth-order valence-corrected chi connectivity index (χ4v) is 4.24. The molecule has 2 amide bonds. The average Bonchev–Trinajstić information content (AvgIpc) is 3.04. The molecule has 13 heteroatoms. The van der Waals surface area contributed by atoms with E-state index >= 15 is 0 Å². The molecule has 1 aliphatic rings. The van der Waals surface area contributed by atoms with Crippen molar-refractivity contribution < 1.29 is 27.2 Å². The molecule has 3 aromatic rings. The Morgan fingerprint density at radius 2 is 1.97 bits per heavy atom. The molecule has 1 fully saturated rings. The van der Waals surface area contributed by atoms with Crippen LogP contribution in [0.15, 0.2) is 55.0 Å². The summed E-state index contributed by atoms with van der Waals surface area (Å²) in [4.78, 5) is 35.1. The summed E-state index contributed by atoms with van der Waals surface area (Å²) in [5.74, 6) is -2.09. The fourth-order valence-electron chi connectivity index (χ4n) is 3.83. The van der Waals surface area contributed by atoms with Crippen molar-refractivity contribution in [1.29, 1.82) is 5.26 Å². The Balaban J connectivity index is 1.60. The Morgan fingerprint density at radius 1 is 1.18 bits per heavy atom. The van der Waals surface area contributed by atoms with Crippen molar-refractivity contribution in [3.63, 3.8) is 0 Å². The third-order valence-electron chi connectivity index (χ3n) is 5.67. The lowest BCUT2D eigenvalue weighted by Crippen LogP contribution is -2.44. The second-order valence-corrected chi connectivity index (χ2v) is 8.54. The third-order valence-corrected chi connectivity index (χ3v) is 6.07. The van der Waals surface area contributed by atoms with Gasteiger partial charge in [0.2, 0.25) is 5.91 Å². The molecule has 8 nitrogen and oxygen atoms in total. The summed E-state index contributed by atoms with van der Waals surface area (Å²) in [6.07, 6.45) is -0.554. The Labute approximate surface area is 219 Å². The number of carbonyl (C=O) groups excluding carboxylic acids is 2. The normalized spacial score (nSPS) is 14.2. The van der Waals surface area contributed by atoms with Crippen LogP contribution in [0.25, 0.3) is 0 Å². The Morgan fingerprint density at radius 3 is 2.63 bits per heavy atom. The Kier molecular flexibility index (Phi) is 7.63. The highest BCUT2D eigenvalue weighted by molar-refractivity contribution is 7.81. The van der Waals surface area contributed by atoms with Crippen LogP contribution in [0.4, 0.5) is 28.9 Å². The van der Waals surface area contributed by atoms with E-state index in [1.165, 1.54) is 23.1 Å². The van der Waals surface area contributed by atoms with Gasteiger partial charge in [0.25, 0.3) is 5.91 Å². The summed E-state index contributed by atoms with van der Waals surface area (Å²) in [5, 5.41) is 11.4.